The summed E-state index contributed by atoms with van der Waals surface area (Å²) in [6.45, 7) is 2.67. The fourth-order valence-corrected chi connectivity index (χ4v) is 0.879. The van der Waals surface area contributed by atoms with Gasteiger partial charge >= 0.3 is 0 Å². The van der Waals surface area contributed by atoms with Crippen LogP contribution >= 0.6 is 24.8 Å². The van der Waals surface area contributed by atoms with E-state index in [2.05, 4.69) is 10.2 Å². The minimum absolute atomic E-state index is 0. The molecule has 0 aromatic heterocycles. The van der Waals surface area contributed by atoms with Gasteiger partial charge in [0.1, 0.15) is 0 Å². The molecule has 0 aromatic carbocycles. The number of halogens is 2. The third-order valence-electron chi connectivity index (χ3n) is 1.54. The summed E-state index contributed by atoms with van der Waals surface area (Å²) in [5.74, 6) is 0.180. The number of carbonyl (C=O) groups is 1. The van der Waals surface area contributed by atoms with Crippen molar-refractivity contribution in [2.75, 3.05) is 26.7 Å². The summed E-state index contributed by atoms with van der Waals surface area (Å²) >= 11 is 0. The Bertz CT molecular complexity index is 121. The zero-order valence-corrected chi connectivity index (χ0v) is 8.13. The Labute approximate surface area is 79.3 Å². The molecule has 5 heteroatoms. The van der Waals surface area contributed by atoms with Gasteiger partial charge in [-0.25, -0.2) is 0 Å². The molecular weight excluding hydrogens is 187 g/mol. The van der Waals surface area contributed by atoms with Crippen LogP contribution in [-0.2, 0) is 4.79 Å². The molecule has 0 unspecified atom stereocenters. The molecule has 68 valence electrons. The molecule has 0 aromatic rings. The summed E-state index contributed by atoms with van der Waals surface area (Å²) in [4.78, 5) is 12.8. The predicted octanol–water partition coefficient (Wildman–Crippen LogP) is 0.282. The quantitative estimate of drug-likeness (QED) is 0.610. The molecule has 1 rings (SSSR count). The zero-order chi connectivity index (χ0) is 6.69. The van der Waals surface area contributed by atoms with Gasteiger partial charge in [0.15, 0.2) is 0 Å². The van der Waals surface area contributed by atoms with Gasteiger partial charge < -0.3 is 10.2 Å². The highest BCUT2D eigenvalue weighted by Gasteiger charge is 2.07. The van der Waals surface area contributed by atoms with Gasteiger partial charge in [-0.05, 0) is 7.05 Å². The van der Waals surface area contributed by atoms with Gasteiger partial charge in [0, 0.05) is 26.1 Å². The molecule has 11 heavy (non-hydrogen) atoms. The van der Waals surface area contributed by atoms with Crippen molar-refractivity contribution in [3.05, 3.63) is 0 Å². The second-order valence-corrected chi connectivity index (χ2v) is 2.40. The highest BCUT2D eigenvalue weighted by Crippen LogP contribution is 1.90. The molecule has 1 N–H and O–H groups in total. The maximum atomic E-state index is 10.7. The fourth-order valence-electron chi connectivity index (χ4n) is 0.879. The summed E-state index contributed by atoms with van der Waals surface area (Å²) < 4.78 is 0. The molecule has 0 aliphatic carbocycles. The van der Waals surface area contributed by atoms with Crippen molar-refractivity contribution in [1.82, 2.24) is 10.2 Å². The van der Waals surface area contributed by atoms with Crippen LogP contribution in [0.5, 0.6) is 0 Å². The Hall–Kier alpha value is 0.01000. The number of likely N-dealkylation sites (N-methyl/N-ethyl adjacent to an activating group) is 1. The fraction of sp³-hybridized carbons (Fsp3) is 0.833. The van der Waals surface area contributed by atoms with Crippen LogP contribution in [-0.4, -0.2) is 37.5 Å². The van der Waals surface area contributed by atoms with Crippen LogP contribution in [0, 0.1) is 0 Å². The molecule has 0 spiro atoms. The van der Waals surface area contributed by atoms with Crippen LogP contribution in [0.25, 0.3) is 0 Å². The SMILES string of the molecule is CN1CCNC(=O)CC1.Cl.Cl. The third kappa shape index (κ3) is 5.30. The van der Waals surface area contributed by atoms with Crippen LogP contribution in [0.15, 0.2) is 0 Å². The van der Waals surface area contributed by atoms with Crippen molar-refractivity contribution < 1.29 is 4.79 Å². The zero-order valence-electron chi connectivity index (χ0n) is 6.50. The second-order valence-electron chi connectivity index (χ2n) is 2.40. The lowest BCUT2D eigenvalue weighted by Gasteiger charge is -2.09. The van der Waals surface area contributed by atoms with Crippen LogP contribution < -0.4 is 5.32 Å². The van der Waals surface area contributed by atoms with E-state index in [4.69, 9.17) is 0 Å². The van der Waals surface area contributed by atoms with E-state index >= 15 is 0 Å². The van der Waals surface area contributed by atoms with Crippen molar-refractivity contribution in [3.8, 4) is 0 Å². The highest BCUT2D eigenvalue weighted by atomic mass is 35.5. The number of rotatable bonds is 0. The van der Waals surface area contributed by atoms with Gasteiger partial charge in [0.2, 0.25) is 5.91 Å². The van der Waals surface area contributed by atoms with E-state index in [1.54, 1.807) is 0 Å². The molecule has 1 saturated heterocycles. The first kappa shape index (κ1) is 13.6. The molecule has 0 bridgehead atoms. The second kappa shape index (κ2) is 6.70. The van der Waals surface area contributed by atoms with E-state index in [9.17, 15) is 4.79 Å². The minimum atomic E-state index is 0. The van der Waals surface area contributed by atoms with Gasteiger partial charge in [0.05, 0.1) is 0 Å². The summed E-state index contributed by atoms with van der Waals surface area (Å²) in [6, 6.07) is 0. The monoisotopic (exact) mass is 200 g/mol. The molecular formula is C6H14Cl2N2O. The maximum Gasteiger partial charge on any atom is 0.221 e. The Balaban J connectivity index is 0. The van der Waals surface area contributed by atoms with E-state index in [-0.39, 0.29) is 30.7 Å². The van der Waals surface area contributed by atoms with Crippen molar-refractivity contribution in [3.63, 3.8) is 0 Å². The number of nitrogens with one attached hydrogen (secondary N) is 1. The van der Waals surface area contributed by atoms with E-state index in [1.165, 1.54) is 0 Å². The first-order chi connectivity index (χ1) is 4.29. The molecule has 0 saturated carbocycles. The van der Waals surface area contributed by atoms with Crippen LogP contribution in [0.3, 0.4) is 0 Å². The summed E-state index contributed by atoms with van der Waals surface area (Å²) in [5.41, 5.74) is 0. The molecule has 0 atom stereocenters. The molecule has 1 heterocycles. The normalized spacial score (nSPS) is 18.8. The molecule has 0 radical (unpaired) electrons. The average Bonchev–Trinajstić information content (AvgIpc) is 1.97. The first-order valence-electron chi connectivity index (χ1n) is 3.24. The molecule has 1 amide bonds. The lowest BCUT2D eigenvalue weighted by Crippen LogP contribution is -2.25. The standard InChI is InChI=1S/C6H12N2O.2ClH/c1-8-4-2-6(9)7-3-5-8;;/h2-5H2,1H3,(H,7,9);2*1H. The Morgan fingerprint density at radius 3 is 2.64 bits per heavy atom. The summed E-state index contributed by atoms with van der Waals surface area (Å²) in [7, 11) is 2.03. The largest absolute Gasteiger partial charge is 0.355 e. The lowest BCUT2D eigenvalue weighted by atomic mass is 10.4. The number of amides is 1. The van der Waals surface area contributed by atoms with Gasteiger partial charge in [-0.15, -0.1) is 24.8 Å². The molecule has 1 fully saturated rings. The Kier molecular flexibility index (Phi) is 8.28. The van der Waals surface area contributed by atoms with E-state index in [1.807, 2.05) is 7.05 Å². The van der Waals surface area contributed by atoms with Crippen molar-refractivity contribution in [2.45, 2.75) is 6.42 Å². The van der Waals surface area contributed by atoms with Gasteiger partial charge in [-0.2, -0.15) is 0 Å². The van der Waals surface area contributed by atoms with Crippen molar-refractivity contribution in [2.24, 2.45) is 0 Å². The van der Waals surface area contributed by atoms with Gasteiger partial charge in [-0.1, -0.05) is 0 Å². The van der Waals surface area contributed by atoms with Crippen LogP contribution in [0.1, 0.15) is 6.42 Å². The summed E-state index contributed by atoms with van der Waals surface area (Å²) in [5, 5.41) is 2.79. The molecule has 1 aliphatic rings. The van der Waals surface area contributed by atoms with Gasteiger partial charge in [-0.3, -0.25) is 4.79 Å². The summed E-state index contributed by atoms with van der Waals surface area (Å²) in [6.07, 6.45) is 0.649. The topological polar surface area (TPSA) is 32.3 Å². The Morgan fingerprint density at radius 1 is 1.36 bits per heavy atom. The van der Waals surface area contributed by atoms with Crippen LogP contribution in [0.4, 0.5) is 0 Å². The highest BCUT2D eigenvalue weighted by molar-refractivity contribution is 5.85. The number of carbonyl (C=O) groups excluding carboxylic acids is 1. The van der Waals surface area contributed by atoms with Gasteiger partial charge in [0.25, 0.3) is 0 Å². The van der Waals surface area contributed by atoms with E-state index in [0.717, 1.165) is 19.6 Å². The maximum absolute atomic E-state index is 10.7. The lowest BCUT2D eigenvalue weighted by molar-refractivity contribution is -0.120. The average molecular weight is 201 g/mol. The van der Waals surface area contributed by atoms with Crippen molar-refractivity contribution in [1.29, 1.82) is 0 Å². The number of nitrogens with zero attached hydrogens (tertiary/aromatic N) is 1. The predicted molar refractivity (Wildman–Crippen MR) is 49.6 cm³/mol. The first-order valence-corrected chi connectivity index (χ1v) is 3.24. The van der Waals surface area contributed by atoms with Crippen molar-refractivity contribution >= 4 is 30.7 Å². The minimum Gasteiger partial charge on any atom is -0.355 e. The number of hydrogen-bond donors (Lipinski definition) is 1. The van der Waals surface area contributed by atoms with Crippen LogP contribution in [0.2, 0.25) is 0 Å². The number of hydrogen-bond acceptors (Lipinski definition) is 2. The smallest absolute Gasteiger partial charge is 0.221 e. The molecule has 1 aliphatic heterocycles. The Morgan fingerprint density at radius 2 is 2.00 bits per heavy atom. The third-order valence-corrected chi connectivity index (χ3v) is 1.54. The van der Waals surface area contributed by atoms with E-state index in [0.29, 0.717) is 6.42 Å². The van der Waals surface area contributed by atoms with E-state index < -0.39 is 0 Å². The molecule has 3 nitrogen and oxygen atoms in total.